The quantitative estimate of drug-likeness (QED) is 0.492. The van der Waals surface area contributed by atoms with Crippen LogP contribution in [-0.4, -0.2) is 29.0 Å². The van der Waals surface area contributed by atoms with E-state index in [4.69, 9.17) is 0 Å². The number of carbonyl (C=O) groups excluding carboxylic acids is 1. The van der Waals surface area contributed by atoms with Crippen molar-refractivity contribution in [2.75, 3.05) is 28.6 Å². The molecule has 1 aromatic carbocycles. The Hall–Kier alpha value is -2.45. The molecular formula is C22H24BrN5OS. The molecule has 0 bridgehead atoms. The van der Waals surface area contributed by atoms with E-state index in [-0.39, 0.29) is 5.91 Å². The first-order valence-electron chi connectivity index (χ1n) is 10.0. The summed E-state index contributed by atoms with van der Waals surface area (Å²) in [5.41, 5.74) is 2.86. The molecule has 0 atom stereocenters. The molecule has 30 heavy (non-hydrogen) atoms. The number of nitrogens with zero attached hydrogens (tertiary/aromatic N) is 3. The van der Waals surface area contributed by atoms with Crippen LogP contribution in [0, 0.1) is 6.92 Å². The molecule has 1 aliphatic heterocycles. The van der Waals surface area contributed by atoms with Crippen molar-refractivity contribution in [3.05, 3.63) is 62.4 Å². The second-order valence-electron chi connectivity index (χ2n) is 7.39. The van der Waals surface area contributed by atoms with Gasteiger partial charge in [-0.25, -0.2) is 4.98 Å². The number of amides is 1. The molecule has 1 fully saturated rings. The first kappa shape index (κ1) is 20.8. The van der Waals surface area contributed by atoms with Crippen LogP contribution in [0.3, 0.4) is 0 Å². The molecule has 1 amide bonds. The van der Waals surface area contributed by atoms with Gasteiger partial charge in [-0.2, -0.15) is 4.98 Å². The van der Waals surface area contributed by atoms with Crippen molar-refractivity contribution in [1.82, 2.24) is 9.97 Å². The van der Waals surface area contributed by atoms with Crippen molar-refractivity contribution in [2.24, 2.45) is 0 Å². The lowest BCUT2D eigenvalue weighted by Crippen LogP contribution is -2.20. The molecule has 1 saturated heterocycles. The monoisotopic (exact) mass is 485 g/mol. The normalized spacial score (nSPS) is 13.5. The number of anilines is 3. The molecule has 2 N–H and O–H groups in total. The first-order chi connectivity index (χ1) is 14.5. The van der Waals surface area contributed by atoms with Crippen LogP contribution in [0.15, 0.2) is 46.3 Å². The maximum atomic E-state index is 12.2. The summed E-state index contributed by atoms with van der Waals surface area (Å²) in [6, 6.07) is 11.9. The van der Waals surface area contributed by atoms with Crippen molar-refractivity contribution in [2.45, 2.75) is 32.7 Å². The van der Waals surface area contributed by atoms with Gasteiger partial charge in [0.2, 0.25) is 11.9 Å². The summed E-state index contributed by atoms with van der Waals surface area (Å²) in [6.07, 6.45) is 2.82. The van der Waals surface area contributed by atoms with Crippen LogP contribution < -0.4 is 15.5 Å². The minimum Gasteiger partial charge on any atom is -0.356 e. The molecule has 8 heteroatoms. The van der Waals surface area contributed by atoms with Crippen LogP contribution in [0.1, 0.15) is 29.0 Å². The number of hydrogen-bond acceptors (Lipinski definition) is 6. The second-order valence-corrected chi connectivity index (χ2v) is 9.30. The number of carbonyl (C=O) groups is 1. The molecule has 0 unspecified atom stereocenters. The van der Waals surface area contributed by atoms with E-state index in [1.54, 1.807) is 11.3 Å². The van der Waals surface area contributed by atoms with Crippen molar-refractivity contribution in [3.8, 4) is 0 Å². The molecule has 3 heterocycles. The van der Waals surface area contributed by atoms with E-state index in [1.165, 1.54) is 12.8 Å². The molecule has 3 aromatic rings. The Balaban J connectivity index is 1.32. The molecule has 0 saturated carbocycles. The molecule has 0 radical (unpaired) electrons. The number of rotatable bonds is 7. The highest BCUT2D eigenvalue weighted by molar-refractivity contribution is 9.10. The Morgan fingerprint density at radius 3 is 2.63 bits per heavy atom. The number of aryl methyl sites for hydroxylation is 1. The van der Waals surface area contributed by atoms with E-state index in [0.717, 1.165) is 45.2 Å². The fraction of sp³-hybridized carbons (Fsp3) is 0.318. The third-order valence-corrected chi connectivity index (χ3v) is 6.61. The molecular weight excluding hydrogens is 462 g/mol. The van der Waals surface area contributed by atoms with Crippen LogP contribution >= 0.6 is 27.3 Å². The lowest BCUT2D eigenvalue weighted by atomic mass is 10.2. The van der Waals surface area contributed by atoms with Crippen LogP contribution in [0.5, 0.6) is 0 Å². The molecule has 0 spiro atoms. The smallest absolute Gasteiger partial charge is 0.229 e. The predicted octanol–water partition coefficient (Wildman–Crippen LogP) is 5.00. The van der Waals surface area contributed by atoms with Gasteiger partial charge in [-0.3, -0.25) is 4.79 Å². The van der Waals surface area contributed by atoms with E-state index in [9.17, 15) is 4.79 Å². The summed E-state index contributed by atoms with van der Waals surface area (Å²) in [6.45, 7) is 4.75. The zero-order chi connectivity index (χ0) is 20.9. The third kappa shape index (κ3) is 5.58. The van der Waals surface area contributed by atoms with Gasteiger partial charge in [0.15, 0.2) is 0 Å². The SMILES string of the molecule is Cc1cc(N2CCCC2)nc(NCc2ccc(NC(=O)Cc3cc(Br)cs3)cc2)n1. The van der Waals surface area contributed by atoms with Gasteiger partial charge in [0, 0.05) is 51.8 Å². The highest BCUT2D eigenvalue weighted by atomic mass is 79.9. The molecule has 4 rings (SSSR count). The Morgan fingerprint density at radius 1 is 1.17 bits per heavy atom. The van der Waals surface area contributed by atoms with Gasteiger partial charge in [0.25, 0.3) is 0 Å². The standard InChI is InChI=1S/C22H24BrN5OS/c1-15-10-20(28-8-2-3-9-28)27-22(25-15)24-13-16-4-6-18(7-5-16)26-21(29)12-19-11-17(23)14-30-19/h4-7,10-11,14H,2-3,8-9,12-13H2,1H3,(H,26,29)(H,24,25,27). The Labute approximate surface area is 188 Å². The van der Waals surface area contributed by atoms with E-state index >= 15 is 0 Å². The summed E-state index contributed by atoms with van der Waals surface area (Å²) < 4.78 is 1.01. The zero-order valence-electron chi connectivity index (χ0n) is 16.8. The lowest BCUT2D eigenvalue weighted by Gasteiger charge is -2.17. The third-order valence-electron chi connectivity index (χ3n) is 4.92. The van der Waals surface area contributed by atoms with Crippen molar-refractivity contribution >= 4 is 50.6 Å². The Morgan fingerprint density at radius 2 is 1.93 bits per heavy atom. The maximum Gasteiger partial charge on any atom is 0.229 e. The van der Waals surface area contributed by atoms with Crippen LogP contribution in [-0.2, 0) is 17.8 Å². The van der Waals surface area contributed by atoms with E-state index in [2.05, 4.69) is 41.4 Å². The lowest BCUT2D eigenvalue weighted by molar-refractivity contribution is -0.115. The largest absolute Gasteiger partial charge is 0.356 e. The fourth-order valence-corrected chi connectivity index (χ4v) is 4.89. The van der Waals surface area contributed by atoms with E-state index < -0.39 is 0 Å². The number of thiophene rings is 1. The molecule has 0 aliphatic carbocycles. The second kappa shape index (κ2) is 9.57. The molecule has 156 valence electrons. The molecule has 6 nitrogen and oxygen atoms in total. The minimum atomic E-state index is -0.0159. The highest BCUT2D eigenvalue weighted by Gasteiger charge is 2.15. The van der Waals surface area contributed by atoms with Crippen LogP contribution in [0.2, 0.25) is 0 Å². The summed E-state index contributed by atoms with van der Waals surface area (Å²) in [5, 5.41) is 8.25. The number of aromatic nitrogens is 2. The zero-order valence-corrected chi connectivity index (χ0v) is 19.2. The summed E-state index contributed by atoms with van der Waals surface area (Å²) >= 11 is 4.99. The van der Waals surface area contributed by atoms with Gasteiger partial charge >= 0.3 is 0 Å². The van der Waals surface area contributed by atoms with Gasteiger partial charge in [-0.1, -0.05) is 12.1 Å². The van der Waals surface area contributed by atoms with Crippen molar-refractivity contribution in [3.63, 3.8) is 0 Å². The van der Waals surface area contributed by atoms with Gasteiger partial charge in [0.05, 0.1) is 6.42 Å². The van der Waals surface area contributed by atoms with Crippen molar-refractivity contribution in [1.29, 1.82) is 0 Å². The molecule has 1 aliphatic rings. The Bertz CT molecular complexity index is 1010. The predicted molar refractivity (Wildman–Crippen MR) is 126 cm³/mol. The topological polar surface area (TPSA) is 70.2 Å². The van der Waals surface area contributed by atoms with Crippen molar-refractivity contribution < 1.29 is 4.79 Å². The van der Waals surface area contributed by atoms with Crippen LogP contribution in [0.25, 0.3) is 0 Å². The number of nitrogens with one attached hydrogen (secondary N) is 2. The minimum absolute atomic E-state index is 0.0159. The van der Waals surface area contributed by atoms with E-state index in [0.29, 0.717) is 18.9 Å². The first-order valence-corrected chi connectivity index (χ1v) is 11.7. The molecule has 2 aromatic heterocycles. The van der Waals surface area contributed by atoms with E-state index in [1.807, 2.05) is 48.7 Å². The van der Waals surface area contributed by atoms with Gasteiger partial charge in [-0.05, 0) is 59.5 Å². The Kier molecular flexibility index (Phi) is 6.64. The fourth-order valence-electron chi connectivity index (χ4n) is 3.44. The summed E-state index contributed by atoms with van der Waals surface area (Å²) in [7, 11) is 0. The van der Waals surface area contributed by atoms with Crippen LogP contribution in [0.4, 0.5) is 17.5 Å². The van der Waals surface area contributed by atoms with Gasteiger partial charge in [0.1, 0.15) is 5.82 Å². The number of benzene rings is 1. The average molecular weight is 486 g/mol. The van der Waals surface area contributed by atoms with Gasteiger partial charge in [-0.15, -0.1) is 11.3 Å². The summed E-state index contributed by atoms with van der Waals surface area (Å²) in [5.74, 6) is 1.63. The average Bonchev–Trinajstić information content (AvgIpc) is 3.39. The number of hydrogen-bond donors (Lipinski definition) is 2. The maximum absolute atomic E-state index is 12.2. The highest BCUT2D eigenvalue weighted by Crippen LogP contribution is 2.22. The summed E-state index contributed by atoms with van der Waals surface area (Å²) in [4.78, 5) is 24.7. The number of halogens is 1. The van der Waals surface area contributed by atoms with Gasteiger partial charge < -0.3 is 15.5 Å².